The topological polar surface area (TPSA) is 0 Å². The number of hydrogen-bond acceptors (Lipinski definition) is 0. The van der Waals surface area contributed by atoms with E-state index < -0.39 is 0 Å². The minimum absolute atomic E-state index is 0.782. The summed E-state index contributed by atoms with van der Waals surface area (Å²) < 4.78 is 0. The van der Waals surface area contributed by atoms with Crippen molar-refractivity contribution in [2.45, 2.75) is 82.8 Å². The largest absolute Gasteiger partial charge is 0.237 e. The van der Waals surface area contributed by atoms with Crippen molar-refractivity contribution in [3.8, 4) is 11.7 Å². The molecule has 2 rings (SSSR count). The van der Waals surface area contributed by atoms with E-state index in [9.17, 15) is 0 Å². The molecule has 0 radical (unpaired) electrons. The van der Waals surface area contributed by atoms with E-state index in [4.69, 9.17) is 0 Å². The molecule has 16 heavy (non-hydrogen) atoms. The lowest BCUT2D eigenvalue weighted by molar-refractivity contribution is 0.448. The van der Waals surface area contributed by atoms with Crippen molar-refractivity contribution in [2.75, 3.05) is 0 Å². The quantitative estimate of drug-likeness (QED) is 0.364. The van der Waals surface area contributed by atoms with Gasteiger partial charge in [0.2, 0.25) is 6.71 Å². The van der Waals surface area contributed by atoms with Crippen LogP contribution in [0.3, 0.4) is 0 Å². The minimum Gasteiger partial charge on any atom is -0.155 e. The second-order valence-corrected chi connectivity index (χ2v) is 5.69. The Morgan fingerprint density at radius 2 is 1.62 bits per heavy atom. The normalized spacial score (nSPS) is 28.4. The smallest absolute Gasteiger partial charge is 0.155 e. The highest BCUT2D eigenvalue weighted by Gasteiger charge is 2.38. The third-order valence-corrected chi connectivity index (χ3v) is 4.49. The van der Waals surface area contributed by atoms with Crippen molar-refractivity contribution in [2.24, 2.45) is 0 Å². The van der Waals surface area contributed by atoms with E-state index in [0.29, 0.717) is 0 Å². The van der Waals surface area contributed by atoms with E-state index in [1.165, 1.54) is 57.8 Å². The van der Waals surface area contributed by atoms with Gasteiger partial charge in [0, 0.05) is 6.42 Å². The highest BCUT2D eigenvalue weighted by Crippen LogP contribution is 2.45. The van der Waals surface area contributed by atoms with Crippen molar-refractivity contribution in [3.63, 3.8) is 0 Å². The van der Waals surface area contributed by atoms with E-state index in [1.807, 2.05) is 0 Å². The average Bonchev–Trinajstić information content (AvgIpc) is 2.28. The second kappa shape index (κ2) is 6.38. The Labute approximate surface area is 102 Å². The van der Waals surface area contributed by atoms with Crippen LogP contribution in [0.5, 0.6) is 0 Å². The molecule has 0 nitrogen and oxygen atoms in total. The van der Waals surface area contributed by atoms with Crippen LogP contribution in [0.15, 0.2) is 0 Å². The Bertz CT molecular complexity index is 238. The summed E-state index contributed by atoms with van der Waals surface area (Å²) >= 11 is 0. The van der Waals surface area contributed by atoms with Crippen LogP contribution in [-0.4, -0.2) is 6.71 Å². The monoisotopic (exact) mass is 216 g/mol. The lowest BCUT2D eigenvalue weighted by Gasteiger charge is -2.37. The first-order valence-electron chi connectivity index (χ1n) is 7.40. The third kappa shape index (κ3) is 3.06. The number of fused-ring (bicyclic) bond motifs is 2. The van der Waals surface area contributed by atoms with Gasteiger partial charge in [-0.1, -0.05) is 58.3 Å². The fraction of sp³-hybridized carbons (Fsp3) is 0.867. The lowest BCUT2D eigenvalue weighted by Crippen LogP contribution is -2.33. The lowest BCUT2D eigenvalue weighted by atomic mass is 9.28. The van der Waals surface area contributed by atoms with Gasteiger partial charge in [0.15, 0.2) is 0 Å². The zero-order chi connectivity index (χ0) is 11.2. The highest BCUT2D eigenvalue weighted by atomic mass is 14.2. The fourth-order valence-corrected chi connectivity index (χ4v) is 3.57. The van der Waals surface area contributed by atoms with Gasteiger partial charge >= 0.3 is 0 Å². The number of unbranched alkanes of at least 4 members (excludes halogenated alkanes) is 3. The van der Waals surface area contributed by atoms with Crippen LogP contribution >= 0.6 is 0 Å². The molecule has 0 aromatic rings. The Hall–Kier alpha value is -0.375. The molecule has 2 saturated heterocycles. The summed E-state index contributed by atoms with van der Waals surface area (Å²) in [5.41, 5.74) is 0. The molecule has 0 atom stereocenters. The van der Waals surface area contributed by atoms with Gasteiger partial charge in [-0.15, -0.1) is 5.92 Å². The summed E-state index contributed by atoms with van der Waals surface area (Å²) in [4.78, 5) is 0. The summed E-state index contributed by atoms with van der Waals surface area (Å²) in [6.07, 6.45) is 13.9. The van der Waals surface area contributed by atoms with Gasteiger partial charge in [-0.05, 0) is 18.1 Å². The van der Waals surface area contributed by atoms with Crippen LogP contribution in [0.4, 0.5) is 0 Å². The van der Waals surface area contributed by atoms with Crippen molar-refractivity contribution < 1.29 is 0 Å². The molecular formula is C15H25B. The molecule has 0 aromatic carbocycles. The molecule has 2 bridgehead atoms. The number of rotatable bonds is 3. The predicted molar refractivity (Wildman–Crippen MR) is 72.9 cm³/mol. The zero-order valence-electron chi connectivity index (χ0n) is 10.8. The van der Waals surface area contributed by atoms with Crippen molar-refractivity contribution >= 4 is 6.71 Å². The Morgan fingerprint density at radius 1 is 1.00 bits per heavy atom. The summed E-state index contributed by atoms with van der Waals surface area (Å²) in [7, 11) is 0. The van der Waals surface area contributed by atoms with Crippen molar-refractivity contribution in [1.29, 1.82) is 0 Å². The highest BCUT2D eigenvalue weighted by molar-refractivity contribution is 6.70. The third-order valence-electron chi connectivity index (χ3n) is 4.49. The van der Waals surface area contributed by atoms with Crippen LogP contribution < -0.4 is 0 Å². The molecule has 2 heterocycles. The van der Waals surface area contributed by atoms with Crippen LogP contribution in [0.2, 0.25) is 11.6 Å². The molecule has 0 amide bonds. The minimum atomic E-state index is 0.782. The van der Waals surface area contributed by atoms with Crippen molar-refractivity contribution in [3.05, 3.63) is 0 Å². The maximum Gasteiger partial charge on any atom is 0.237 e. The van der Waals surface area contributed by atoms with Crippen LogP contribution in [0.25, 0.3) is 0 Å². The van der Waals surface area contributed by atoms with Gasteiger partial charge < -0.3 is 0 Å². The molecule has 2 aliphatic rings. The Kier molecular flexibility index (Phi) is 4.82. The maximum atomic E-state index is 3.63. The average molecular weight is 216 g/mol. The fourth-order valence-electron chi connectivity index (χ4n) is 3.57. The van der Waals surface area contributed by atoms with Crippen LogP contribution in [0, 0.1) is 11.7 Å². The second-order valence-electron chi connectivity index (χ2n) is 5.69. The van der Waals surface area contributed by atoms with E-state index in [-0.39, 0.29) is 0 Å². The first kappa shape index (κ1) is 12.1. The molecule has 0 spiro atoms. The predicted octanol–water partition coefficient (Wildman–Crippen LogP) is 4.71. The van der Waals surface area contributed by atoms with Gasteiger partial charge in [-0.2, -0.15) is 5.82 Å². The van der Waals surface area contributed by atoms with E-state index in [1.54, 1.807) is 0 Å². The molecular weight excluding hydrogens is 191 g/mol. The molecule has 88 valence electrons. The van der Waals surface area contributed by atoms with E-state index in [0.717, 1.165) is 24.8 Å². The Balaban J connectivity index is 1.82. The molecule has 0 aromatic heterocycles. The molecule has 0 saturated carbocycles. The van der Waals surface area contributed by atoms with Gasteiger partial charge in [-0.3, -0.25) is 0 Å². The Morgan fingerprint density at radius 3 is 2.19 bits per heavy atom. The van der Waals surface area contributed by atoms with Gasteiger partial charge in [-0.25, -0.2) is 0 Å². The summed E-state index contributed by atoms with van der Waals surface area (Å²) in [6.45, 7) is 3.04. The standard InChI is InChI=1S/C15H25B/c1-2-3-4-5-6-13-16-14-9-7-10-15(16)12-8-11-14/h14-15H,2-5,7-12H2,1H3. The number of hydrogen-bond donors (Lipinski definition) is 0. The molecule has 0 unspecified atom stereocenters. The van der Waals surface area contributed by atoms with Gasteiger partial charge in [0.25, 0.3) is 0 Å². The van der Waals surface area contributed by atoms with E-state index in [2.05, 4.69) is 18.7 Å². The molecule has 0 aliphatic carbocycles. The van der Waals surface area contributed by atoms with E-state index >= 15 is 0 Å². The van der Waals surface area contributed by atoms with Crippen molar-refractivity contribution in [1.82, 2.24) is 0 Å². The molecule has 0 N–H and O–H groups in total. The summed E-state index contributed by atoms with van der Waals surface area (Å²) in [6, 6.07) is 0. The summed E-state index contributed by atoms with van der Waals surface area (Å²) in [5.74, 6) is 9.03. The SMILES string of the molecule is CCCCCC#CB1C2CCCC1CCC2. The van der Waals surface area contributed by atoms with Gasteiger partial charge in [0.05, 0.1) is 0 Å². The maximum absolute atomic E-state index is 3.63. The van der Waals surface area contributed by atoms with Crippen LogP contribution in [0.1, 0.15) is 71.1 Å². The zero-order valence-corrected chi connectivity index (χ0v) is 10.8. The first-order valence-corrected chi connectivity index (χ1v) is 7.40. The molecule has 1 heteroatoms. The first-order chi connectivity index (χ1) is 7.92. The van der Waals surface area contributed by atoms with Crippen LogP contribution in [-0.2, 0) is 0 Å². The van der Waals surface area contributed by atoms with Gasteiger partial charge in [0.1, 0.15) is 0 Å². The molecule has 2 aliphatic heterocycles. The summed E-state index contributed by atoms with van der Waals surface area (Å²) in [5, 5.41) is 0. The molecule has 2 fully saturated rings.